The number of thioether (sulfide) groups is 1. The summed E-state index contributed by atoms with van der Waals surface area (Å²) >= 11 is 1.94. The van der Waals surface area contributed by atoms with Crippen LogP contribution in [0.25, 0.3) is 0 Å². The maximum absolute atomic E-state index is 11.7. The van der Waals surface area contributed by atoms with Gasteiger partial charge in [-0.1, -0.05) is 24.4 Å². The van der Waals surface area contributed by atoms with E-state index in [2.05, 4.69) is 10.1 Å². The Labute approximate surface area is 117 Å². The lowest BCUT2D eigenvalue weighted by atomic mass is 10.0. The third kappa shape index (κ3) is 3.19. The molecular formula is C14H20N2O2S. The third-order valence-electron chi connectivity index (χ3n) is 4.09. The van der Waals surface area contributed by atoms with E-state index in [1.165, 1.54) is 32.1 Å². The fraction of sp³-hybridized carbons (Fsp3) is 0.786. The van der Waals surface area contributed by atoms with Crippen LogP contribution in [0.3, 0.4) is 0 Å². The van der Waals surface area contributed by atoms with E-state index in [1.807, 2.05) is 11.8 Å². The molecule has 3 rings (SSSR count). The molecule has 0 saturated heterocycles. The summed E-state index contributed by atoms with van der Waals surface area (Å²) in [4.78, 5) is 16.1. The first kappa shape index (κ1) is 13.2. The highest BCUT2D eigenvalue weighted by Gasteiger charge is 2.30. The summed E-state index contributed by atoms with van der Waals surface area (Å²) in [7, 11) is 0. The van der Waals surface area contributed by atoms with Crippen molar-refractivity contribution >= 4 is 17.5 Å². The van der Waals surface area contributed by atoms with E-state index >= 15 is 0 Å². The van der Waals surface area contributed by atoms with Gasteiger partial charge < -0.3 is 4.52 Å². The number of aromatic nitrogens is 2. The maximum atomic E-state index is 11.7. The van der Waals surface area contributed by atoms with Gasteiger partial charge in [-0.05, 0) is 25.7 Å². The topological polar surface area (TPSA) is 56.0 Å². The molecule has 104 valence electrons. The van der Waals surface area contributed by atoms with Crippen LogP contribution in [0.5, 0.6) is 0 Å². The van der Waals surface area contributed by atoms with Crippen molar-refractivity contribution in [1.29, 1.82) is 0 Å². The van der Waals surface area contributed by atoms with Crippen LogP contribution in [-0.2, 0) is 10.5 Å². The minimum atomic E-state index is -0.124. The van der Waals surface area contributed by atoms with Gasteiger partial charge in [0.25, 0.3) is 0 Å². The average Bonchev–Trinajstić information content (AvgIpc) is 3.06. The molecule has 5 heteroatoms. The van der Waals surface area contributed by atoms with Crippen molar-refractivity contribution in [3.63, 3.8) is 0 Å². The fourth-order valence-corrected chi connectivity index (χ4v) is 4.14. The largest absolute Gasteiger partial charge is 0.339 e. The minimum Gasteiger partial charge on any atom is -0.339 e. The number of rotatable bonds is 4. The normalized spacial score (nSPS) is 25.1. The summed E-state index contributed by atoms with van der Waals surface area (Å²) in [5.74, 6) is 2.25. The van der Waals surface area contributed by atoms with E-state index in [-0.39, 0.29) is 11.7 Å². The summed E-state index contributed by atoms with van der Waals surface area (Å²) in [5, 5.41) is 4.77. The quantitative estimate of drug-likeness (QED) is 0.845. The molecular weight excluding hydrogens is 260 g/mol. The van der Waals surface area contributed by atoms with E-state index in [0.717, 1.165) is 29.7 Å². The number of carbonyl (C=O) groups is 1. The number of hydrogen-bond donors (Lipinski definition) is 0. The van der Waals surface area contributed by atoms with Crippen molar-refractivity contribution < 1.29 is 9.32 Å². The SMILES string of the molecule is O=C1CCCC1c1nc(CSC2CCCCC2)no1. The Morgan fingerprint density at radius 3 is 2.74 bits per heavy atom. The Balaban J connectivity index is 1.54. The molecule has 1 heterocycles. The van der Waals surface area contributed by atoms with Crippen LogP contribution in [0, 0.1) is 0 Å². The molecule has 19 heavy (non-hydrogen) atoms. The molecule has 0 N–H and O–H groups in total. The van der Waals surface area contributed by atoms with Gasteiger partial charge in [-0.2, -0.15) is 16.7 Å². The van der Waals surface area contributed by atoms with Crippen LogP contribution in [0.2, 0.25) is 0 Å². The molecule has 0 radical (unpaired) electrons. The maximum Gasteiger partial charge on any atom is 0.237 e. The molecule has 1 atom stereocenters. The van der Waals surface area contributed by atoms with Crippen molar-refractivity contribution in [1.82, 2.24) is 10.1 Å². The third-order valence-corrected chi connectivity index (χ3v) is 5.45. The number of nitrogens with zero attached hydrogens (tertiary/aromatic N) is 2. The number of ketones is 1. The fourth-order valence-electron chi connectivity index (χ4n) is 2.97. The number of hydrogen-bond acceptors (Lipinski definition) is 5. The highest BCUT2D eigenvalue weighted by molar-refractivity contribution is 7.99. The van der Waals surface area contributed by atoms with Gasteiger partial charge >= 0.3 is 0 Å². The smallest absolute Gasteiger partial charge is 0.237 e. The molecule has 0 bridgehead atoms. The van der Waals surface area contributed by atoms with E-state index in [4.69, 9.17) is 4.52 Å². The van der Waals surface area contributed by atoms with Gasteiger partial charge in [0.1, 0.15) is 5.78 Å². The predicted octanol–water partition coefficient (Wildman–Crippen LogP) is 3.47. The molecule has 0 amide bonds. The van der Waals surface area contributed by atoms with Crippen LogP contribution >= 0.6 is 11.8 Å². The van der Waals surface area contributed by atoms with Gasteiger partial charge in [-0.15, -0.1) is 0 Å². The molecule has 2 saturated carbocycles. The molecule has 2 fully saturated rings. The van der Waals surface area contributed by atoms with Crippen LogP contribution in [-0.4, -0.2) is 21.2 Å². The predicted molar refractivity (Wildman–Crippen MR) is 74.1 cm³/mol. The molecule has 2 aliphatic carbocycles. The van der Waals surface area contributed by atoms with Gasteiger partial charge in [0.15, 0.2) is 5.82 Å². The van der Waals surface area contributed by atoms with Gasteiger partial charge in [0.05, 0.1) is 11.7 Å². The molecule has 2 aliphatic rings. The summed E-state index contributed by atoms with van der Waals surface area (Å²) in [6, 6.07) is 0. The molecule has 0 spiro atoms. The zero-order chi connectivity index (χ0) is 13.1. The van der Waals surface area contributed by atoms with Crippen molar-refractivity contribution in [2.75, 3.05) is 0 Å². The van der Waals surface area contributed by atoms with Crippen molar-refractivity contribution in [2.24, 2.45) is 0 Å². The molecule has 0 aliphatic heterocycles. The second-order valence-corrected chi connectivity index (χ2v) is 6.82. The summed E-state index contributed by atoms with van der Waals surface area (Å²) in [6.07, 6.45) is 9.21. The van der Waals surface area contributed by atoms with E-state index < -0.39 is 0 Å². The van der Waals surface area contributed by atoms with E-state index in [0.29, 0.717) is 12.3 Å². The Morgan fingerprint density at radius 2 is 2.00 bits per heavy atom. The van der Waals surface area contributed by atoms with E-state index in [1.54, 1.807) is 0 Å². The lowest BCUT2D eigenvalue weighted by Gasteiger charge is -2.19. The molecule has 1 unspecified atom stereocenters. The molecule has 4 nitrogen and oxygen atoms in total. The van der Waals surface area contributed by atoms with Gasteiger partial charge in [0, 0.05) is 11.7 Å². The van der Waals surface area contributed by atoms with Crippen molar-refractivity contribution in [3.05, 3.63) is 11.7 Å². The van der Waals surface area contributed by atoms with Crippen molar-refractivity contribution in [2.45, 2.75) is 68.3 Å². The Hall–Kier alpha value is -0.840. The first-order valence-corrected chi connectivity index (χ1v) is 8.34. The zero-order valence-electron chi connectivity index (χ0n) is 11.1. The highest BCUT2D eigenvalue weighted by atomic mass is 32.2. The Morgan fingerprint density at radius 1 is 1.16 bits per heavy atom. The molecule has 1 aromatic heterocycles. The second kappa shape index (κ2) is 6.07. The van der Waals surface area contributed by atoms with Crippen molar-refractivity contribution in [3.8, 4) is 0 Å². The lowest BCUT2D eigenvalue weighted by Crippen LogP contribution is -2.08. The number of Topliss-reactive ketones (excluding diaryl/α,β-unsaturated/α-hetero) is 1. The average molecular weight is 280 g/mol. The first-order valence-electron chi connectivity index (χ1n) is 7.30. The molecule has 1 aromatic rings. The van der Waals surface area contributed by atoms with Crippen LogP contribution in [0.15, 0.2) is 4.52 Å². The van der Waals surface area contributed by atoms with E-state index in [9.17, 15) is 4.79 Å². The van der Waals surface area contributed by atoms with Gasteiger partial charge in [-0.25, -0.2) is 0 Å². The first-order chi connectivity index (χ1) is 9.33. The van der Waals surface area contributed by atoms with Gasteiger partial charge in [-0.3, -0.25) is 4.79 Å². The summed E-state index contributed by atoms with van der Waals surface area (Å²) < 4.78 is 5.26. The Bertz CT molecular complexity index is 440. The standard InChI is InChI=1S/C14H20N2O2S/c17-12-8-4-7-11(12)14-15-13(16-18-14)9-19-10-5-2-1-3-6-10/h10-11H,1-9H2. The summed E-state index contributed by atoms with van der Waals surface area (Å²) in [6.45, 7) is 0. The minimum absolute atomic E-state index is 0.124. The molecule has 0 aromatic carbocycles. The monoisotopic (exact) mass is 280 g/mol. The van der Waals surface area contributed by atoms with Crippen LogP contribution in [0.4, 0.5) is 0 Å². The van der Waals surface area contributed by atoms with Crippen LogP contribution < -0.4 is 0 Å². The van der Waals surface area contributed by atoms with Gasteiger partial charge in [0.2, 0.25) is 5.89 Å². The Kier molecular flexibility index (Phi) is 4.21. The van der Waals surface area contributed by atoms with Crippen LogP contribution in [0.1, 0.15) is 69.0 Å². The highest BCUT2D eigenvalue weighted by Crippen LogP contribution is 2.32. The number of carbonyl (C=O) groups excluding carboxylic acids is 1. The summed E-state index contributed by atoms with van der Waals surface area (Å²) in [5.41, 5.74) is 0. The lowest BCUT2D eigenvalue weighted by molar-refractivity contribution is -0.119. The zero-order valence-corrected chi connectivity index (χ0v) is 12.0. The second-order valence-electron chi connectivity index (χ2n) is 5.53.